The van der Waals surface area contributed by atoms with Crippen molar-refractivity contribution in [2.45, 2.75) is 27.7 Å². The molecule has 0 aliphatic rings. The molecule has 0 fully saturated rings. The van der Waals surface area contributed by atoms with Crippen LogP contribution >= 0.6 is 0 Å². The Morgan fingerprint density at radius 1 is 0.960 bits per heavy atom. The molecule has 2 rings (SSSR count). The Balaban J connectivity index is 1.92. The molecule has 0 aliphatic carbocycles. The van der Waals surface area contributed by atoms with Gasteiger partial charge in [0, 0.05) is 16.8 Å². The van der Waals surface area contributed by atoms with Gasteiger partial charge in [0.2, 0.25) is 5.91 Å². The summed E-state index contributed by atoms with van der Waals surface area (Å²) in [7, 11) is 0. The van der Waals surface area contributed by atoms with Gasteiger partial charge >= 0.3 is 0 Å². The summed E-state index contributed by atoms with van der Waals surface area (Å²) in [6.07, 6.45) is 0. The first-order chi connectivity index (χ1) is 11.7. The number of ether oxygens (including phenoxy) is 1. The molecule has 0 heterocycles. The molecule has 2 amide bonds. The first-order valence-electron chi connectivity index (χ1n) is 8.15. The second-order valence-electron chi connectivity index (χ2n) is 6.94. The van der Waals surface area contributed by atoms with E-state index >= 15 is 0 Å². The van der Waals surface area contributed by atoms with Crippen molar-refractivity contribution in [1.82, 2.24) is 0 Å². The van der Waals surface area contributed by atoms with Crippen LogP contribution in [0.1, 0.15) is 26.3 Å². The fourth-order valence-electron chi connectivity index (χ4n) is 2.04. The van der Waals surface area contributed by atoms with E-state index in [0.29, 0.717) is 17.1 Å². The molecule has 0 unspecified atom stereocenters. The van der Waals surface area contributed by atoms with Gasteiger partial charge < -0.3 is 15.4 Å². The summed E-state index contributed by atoms with van der Waals surface area (Å²) in [6, 6.07) is 14.6. The van der Waals surface area contributed by atoms with Crippen LogP contribution in [-0.2, 0) is 9.59 Å². The first-order valence-corrected chi connectivity index (χ1v) is 8.15. The summed E-state index contributed by atoms with van der Waals surface area (Å²) in [5.41, 5.74) is 1.82. The predicted octanol–water partition coefficient (Wildman–Crippen LogP) is 4.00. The van der Waals surface area contributed by atoms with Crippen LogP contribution in [0.3, 0.4) is 0 Å². The summed E-state index contributed by atoms with van der Waals surface area (Å²) < 4.78 is 5.48. The number of carbonyl (C=O) groups is 2. The number of carbonyl (C=O) groups excluding carboxylic acids is 2. The number of hydrogen-bond acceptors (Lipinski definition) is 3. The fraction of sp³-hybridized carbons (Fsp3) is 0.300. The van der Waals surface area contributed by atoms with Gasteiger partial charge in [0.05, 0.1) is 0 Å². The highest BCUT2D eigenvalue weighted by atomic mass is 16.5. The molecule has 0 saturated heterocycles. The van der Waals surface area contributed by atoms with Crippen molar-refractivity contribution in [3.8, 4) is 5.75 Å². The van der Waals surface area contributed by atoms with Crippen LogP contribution in [0.15, 0.2) is 48.5 Å². The van der Waals surface area contributed by atoms with E-state index in [9.17, 15) is 9.59 Å². The molecule has 2 aromatic rings. The molecule has 5 heteroatoms. The lowest BCUT2D eigenvalue weighted by molar-refractivity contribution is -0.123. The van der Waals surface area contributed by atoms with Crippen LogP contribution in [0.4, 0.5) is 11.4 Å². The number of hydrogen-bond donors (Lipinski definition) is 2. The zero-order valence-electron chi connectivity index (χ0n) is 15.1. The summed E-state index contributed by atoms with van der Waals surface area (Å²) in [5.74, 6) is 0.306. The number of aryl methyl sites for hydroxylation is 1. The predicted molar refractivity (Wildman–Crippen MR) is 99.8 cm³/mol. The fourth-order valence-corrected chi connectivity index (χ4v) is 2.04. The van der Waals surface area contributed by atoms with Crippen LogP contribution < -0.4 is 15.4 Å². The van der Waals surface area contributed by atoms with Gasteiger partial charge in [-0.15, -0.1) is 0 Å². The number of benzene rings is 2. The highest BCUT2D eigenvalue weighted by molar-refractivity contribution is 5.96. The van der Waals surface area contributed by atoms with E-state index in [0.717, 1.165) is 5.56 Å². The van der Waals surface area contributed by atoms with Gasteiger partial charge in [0.1, 0.15) is 5.75 Å². The lowest BCUT2D eigenvalue weighted by Crippen LogP contribution is -2.27. The second-order valence-corrected chi connectivity index (χ2v) is 6.94. The van der Waals surface area contributed by atoms with Crippen LogP contribution in [0.25, 0.3) is 0 Å². The third kappa shape index (κ3) is 5.95. The molecular formula is C20H24N2O3. The Hall–Kier alpha value is -2.82. The Morgan fingerprint density at radius 2 is 1.60 bits per heavy atom. The monoisotopic (exact) mass is 340 g/mol. The zero-order valence-corrected chi connectivity index (χ0v) is 15.1. The third-order valence-corrected chi connectivity index (χ3v) is 3.44. The maximum absolute atomic E-state index is 12.0. The standard InChI is InChI=1S/C20H24N2O3/c1-14-7-5-10-17(11-14)25-13-18(23)21-15-8-6-9-16(12-15)22-19(24)20(2,3)4/h5-12H,13H2,1-4H3,(H,21,23)(H,22,24). The van der Waals surface area contributed by atoms with Gasteiger partial charge in [-0.3, -0.25) is 9.59 Å². The van der Waals surface area contributed by atoms with Gasteiger partial charge in [-0.1, -0.05) is 39.0 Å². The first kappa shape index (κ1) is 18.5. The van der Waals surface area contributed by atoms with Crippen LogP contribution in [0.2, 0.25) is 0 Å². The summed E-state index contributed by atoms with van der Waals surface area (Å²) >= 11 is 0. The number of nitrogens with one attached hydrogen (secondary N) is 2. The number of anilines is 2. The lowest BCUT2D eigenvalue weighted by Gasteiger charge is -2.18. The average molecular weight is 340 g/mol. The molecule has 25 heavy (non-hydrogen) atoms. The average Bonchev–Trinajstić information content (AvgIpc) is 2.52. The quantitative estimate of drug-likeness (QED) is 0.864. The molecule has 0 spiro atoms. The van der Waals surface area contributed by atoms with Crippen LogP contribution in [0.5, 0.6) is 5.75 Å². The van der Waals surface area contributed by atoms with Crippen molar-refractivity contribution >= 4 is 23.2 Å². The smallest absolute Gasteiger partial charge is 0.262 e. The molecule has 0 radical (unpaired) electrons. The lowest BCUT2D eigenvalue weighted by atomic mass is 9.95. The number of rotatable bonds is 5. The highest BCUT2D eigenvalue weighted by Crippen LogP contribution is 2.20. The maximum atomic E-state index is 12.0. The van der Waals surface area contributed by atoms with E-state index in [1.807, 2.05) is 52.0 Å². The van der Waals surface area contributed by atoms with Crippen molar-refractivity contribution in [1.29, 1.82) is 0 Å². The van der Waals surface area contributed by atoms with Gasteiger partial charge in [0.15, 0.2) is 6.61 Å². The second kappa shape index (κ2) is 7.83. The van der Waals surface area contributed by atoms with Crippen LogP contribution in [-0.4, -0.2) is 18.4 Å². The van der Waals surface area contributed by atoms with E-state index in [4.69, 9.17) is 4.74 Å². The Bertz CT molecular complexity index is 764. The molecular weight excluding hydrogens is 316 g/mol. The molecule has 0 aliphatic heterocycles. The summed E-state index contributed by atoms with van der Waals surface area (Å²) in [6.45, 7) is 7.41. The van der Waals surface area contributed by atoms with E-state index < -0.39 is 5.41 Å². The van der Waals surface area contributed by atoms with E-state index in [-0.39, 0.29) is 18.4 Å². The van der Waals surface area contributed by atoms with E-state index in [1.165, 1.54) is 0 Å². The molecule has 5 nitrogen and oxygen atoms in total. The molecule has 2 aromatic carbocycles. The van der Waals surface area contributed by atoms with E-state index in [2.05, 4.69) is 10.6 Å². The molecule has 2 N–H and O–H groups in total. The Morgan fingerprint density at radius 3 is 2.24 bits per heavy atom. The van der Waals surface area contributed by atoms with Gasteiger partial charge in [-0.05, 0) is 42.8 Å². The van der Waals surface area contributed by atoms with E-state index in [1.54, 1.807) is 24.3 Å². The summed E-state index contributed by atoms with van der Waals surface area (Å²) in [5, 5.41) is 5.60. The molecule has 0 saturated carbocycles. The zero-order chi connectivity index (χ0) is 18.4. The molecule has 0 bridgehead atoms. The van der Waals surface area contributed by atoms with Crippen molar-refractivity contribution in [2.24, 2.45) is 5.41 Å². The minimum Gasteiger partial charge on any atom is -0.484 e. The van der Waals surface area contributed by atoms with Crippen molar-refractivity contribution in [3.63, 3.8) is 0 Å². The normalized spacial score (nSPS) is 10.9. The third-order valence-electron chi connectivity index (χ3n) is 3.44. The maximum Gasteiger partial charge on any atom is 0.262 e. The van der Waals surface area contributed by atoms with Gasteiger partial charge in [0.25, 0.3) is 5.91 Å². The van der Waals surface area contributed by atoms with Crippen molar-refractivity contribution in [3.05, 3.63) is 54.1 Å². The topological polar surface area (TPSA) is 67.4 Å². The minimum absolute atomic E-state index is 0.0813. The van der Waals surface area contributed by atoms with Crippen LogP contribution in [0, 0.1) is 12.3 Å². The van der Waals surface area contributed by atoms with Crippen molar-refractivity contribution in [2.75, 3.05) is 17.2 Å². The molecule has 0 atom stereocenters. The van der Waals surface area contributed by atoms with Gasteiger partial charge in [-0.25, -0.2) is 0 Å². The summed E-state index contributed by atoms with van der Waals surface area (Å²) in [4.78, 5) is 24.1. The highest BCUT2D eigenvalue weighted by Gasteiger charge is 2.21. The van der Waals surface area contributed by atoms with Crippen molar-refractivity contribution < 1.29 is 14.3 Å². The number of amides is 2. The molecule has 0 aromatic heterocycles. The molecule has 132 valence electrons. The van der Waals surface area contributed by atoms with Gasteiger partial charge in [-0.2, -0.15) is 0 Å². The minimum atomic E-state index is -0.485. The largest absolute Gasteiger partial charge is 0.484 e. The Labute approximate surface area is 148 Å². The SMILES string of the molecule is Cc1cccc(OCC(=O)Nc2cccc(NC(=O)C(C)(C)C)c2)c1. The Kier molecular flexibility index (Phi) is 5.80.